The Labute approximate surface area is 170 Å². The highest BCUT2D eigenvalue weighted by Crippen LogP contribution is 2.29. The standard InChI is InChI=1S/C17H11ClN4O2S3/c18-11-4-1-3-10-12(23)7-9(19-14(10)11)8-26-17-22-21-16(27-17)20-15(24)13-5-2-6-25-13/h1-7H,8H2,(H,19,23)(H,20,21,24). The van der Waals surface area contributed by atoms with E-state index < -0.39 is 0 Å². The maximum Gasteiger partial charge on any atom is 0.267 e. The number of para-hydroxylation sites is 1. The molecule has 0 unspecified atom stereocenters. The molecule has 0 saturated carbocycles. The van der Waals surface area contributed by atoms with Gasteiger partial charge in [0.05, 0.1) is 15.4 Å². The summed E-state index contributed by atoms with van der Waals surface area (Å²) in [6.45, 7) is 0. The Morgan fingerprint density at radius 3 is 2.96 bits per heavy atom. The average Bonchev–Trinajstić information content (AvgIpc) is 3.33. The lowest BCUT2D eigenvalue weighted by Crippen LogP contribution is -2.09. The summed E-state index contributed by atoms with van der Waals surface area (Å²) in [5.74, 6) is 0.301. The molecule has 27 heavy (non-hydrogen) atoms. The first kappa shape index (κ1) is 18.2. The third-order valence-corrected chi connectivity index (χ3v) is 6.80. The number of carbonyl (C=O) groups is 1. The van der Waals surface area contributed by atoms with Crippen molar-refractivity contribution in [3.05, 3.63) is 67.6 Å². The van der Waals surface area contributed by atoms with Crippen molar-refractivity contribution in [2.24, 2.45) is 0 Å². The zero-order valence-electron chi connectivity index (χ0n) is 13.6. The molecule has 0 aliphatic carbocycles. The Morgan fingerprint density at radius 2 is 2.15 bits per heavy atom. The molecule has 4 rings (SSSR count). The van der Waals surface area contributed by atoms with Crippen molar-refractivity contribution < 1.29 is 4.79 Å². The van der Waals surface area contributed by atoms with Crippen LogP contribution in [0, 0.1) is 0 Å². The average molecular weight is 435 g/mol. The van der Waals surface area contributed by atoms with Gasteiger partial charge in [0, 0.05) is 22.9 Å². The van der Waals surface area contributed by atoms with Gasteiger partial charge in [-0.3, -0.25) is 14.9 Å². The monoisotopic (exact) mass is 434 g/mol. The van der Waals surface area contributed by atoms with Crippen LogP contribution in [-0.4, -0.2) is 21.1 Å². The van der Waals surface area contributed by atoms with Crippen LogP contribution in [0.3, 0.4) is 0 Å². The minimum absolute atomic E-state index is 0.0805. The van der Waals surface area contributed by atoms with Gasteiger partial charge in [-0.2, -0.15) is 0 Å². The molecule has 0 radical (unpaired) electrons. The van der Waals surface area contributed by atoms with Crippen LogP contribution in [0.2, 0.25) is 5.02 Å². The number of thiophene rings is 1. The first-order valence-corrected chi connectivity index (χ1v) is 10.8. The van der Waals surface area contributed by atoms with Gasteiger partial charge < -0.3 is 4.98 Å². The maximum absolute atomic E-state index is 12.2. The molecule has 1 amide bonds. The molecule has 2 N–H and O–H groups in total. The number of nitrogens with one attached hydrogen (secondary N) is 2. The molecule has 136 valence electrons. The van der Waals surface area contributed by atoms with Crippen molar-refractivity contribution in [2.45, 2.75) is 10.1 Å². The van der Waals surface area contributed by atoms with Crippen LogP contribution in [0.5, 0.6) is 0 Å². The van der Waals surface area contributed by atoms with Crippen LogP contribution in [0.1, 0.15) is 15.4 Å². The van der Waals surface area contributed by atoms with E-state index in [1.54, 1.807) is 30.3 Å². The highest BCUT2D eigenvalue weighted by atomic mass is 35.5. The van der Waals surface area contributed by atoms with Gasteiger partial charge in [-0.25, -0.2) is 0 Å². The number of amides is 1. The lowest BCUT2D eigenvalue weighted by molar-refractivity contribution is 0.103. The van der Waals surface area contributed by atoms with Gasteiger partial charge in [0.1, 0.15) is 0 Å². The Kier molecular flexibility index (Phi) is 5.26. The van der Waals surface area contributed by atoms with Crippen LogP contribution in [0.4, 0.5) is 5.13 Å². The summed E-state index contributed by atoms with van der Waals surface area (Å²) in [5, 5.41) is 14.1. The predicted octanol–water partition coefficient (Wildman–Crippen LogP) is 4.64. The Balaban J connectivity index is 1.46. The van der Waals surface area contributed by atoms with Crippen molar-refractivity contribution in [1.82, 2.24) is 15.2 Å². The Morgan fingerprint density at radius 1 is 1.26 bits per heavy atom. The number of aromatic amines is 1. The number of H-pyrrole nitrogens is 1. The van der Waals surface area contributed by atoms with Crippen molar-refractivity contribution >= 4 is 68.0 Å². The number of anilines is 1. The number of aromatic nitrogens is 3. The van der Waals surface area contributed by atoms with E-state index in [0.29, 0.717) is 36.0 Å². The lowest BCUT2D eigenvalue weighted by atomic mass is 10.2. The molecule has 10 heteroatoms. The highest BCUT2D eigenvalue weighted by Gasteiger charge is 2.12. The molecule has 3 heterocycles. The summed E-state index contributed by atoms with van der Waals surface area (Å²) < 4.78 is 0.691. The predicted molar refractivity (Wildman–Crippen MR) is 111 cm³/mol. The number of hydrogen-bond acceptors (Lipinski definition) is 7. The molecular formula is C17H11ClN4O2S3. The third kappa shape index (κ3) is 4.06. The van der Waals surface area contributed by atoms with Crippen molar-refractivity contribution in [3.8, 4) is 0 Å². The first-order valence-electron chi connectivity index (χ1n) is 7.72. The molecule has 4 aromatic rings. The number of fused-ring (bicyclic) bond motifs is 1. The van der Waals surface area contributed by atoms with E-state index in [0.717, 1.165) is 5.69 Å². The fraction of sp³-hybridized carbons (Fsp3) is 0.0588. The molecule has 3 aromatic heterocycles. The molecule has 0 atom stereocenters. The van der Waals surface area contributed by atoms with Crippen LogP contribution in [0.25, 0.3) is 10.9 Å². The summed E-state index contributed by atoms with van der Waals surface area (Å²) in [4.78, 5) is 28.1. The highest BCUT2D eigenvalue weighted by molar-refractivity contribution is 8.00. The molecule has 0 saturated heterocycles. The Bertz CT molecular complexity index is 1170. The quantitative estimate of drug-likeness (QED) is 0.353. The van der Waals surface area contributed by atoms with Crippen molar-refractivity contribution in [2.75, 3.05) is 5.32 Å². The van der Waals surface area contributed by atoms with Gasteiger partial charge in [-0.1, -0.05) is 46.8 Å². The van der Waals surface area contributed by atoms with Gasteiger partial charge in [-0.15, -0.1) is 21.5 Å². The van der Waals surface area contributed by atoms with Gasteiger partial charge in [0.2, 0.25) is 5.13 Å². The van der Waals surface area contributed by atoms with Crippen molar-refractivity contribution in [1.29, 1.82) is 0 Å². The topological polar surface area (TPSA) is 87.7 Å². The van der Waals surface area contributed by atoms with Gasteiger partial charge in [-0.05, 0) is 23.6 Å². The number of rotatable bonds is 5. The molecule has 1 aromatic carbocycles. The number of benzene rings is 1. The number of carbonyl (C=O) groups excluding carboxylic acids is 1. The van der Waals surface area contributed by atoms with E-state index in [9.17, 15) is 9.59 Å². The number of pyridine rings is 1. The second-order valence-electron chi connectivity index (χ2n) is 5.41. The number of halogens is 1. The molecule has 0 fully saturated rings. The van der Waals surface area contributed by atoms with Crippen LogP contribution < -0.4 is 10.7 Å². The van der Waals surface area contributed by atoms with E-state index in [-0.39, 0.29) is 11.3 Å². The summed E-state index contributed by atoms with van der Waals surface area (Å²) in [5.41, 5.74) is 1.29. The molecule has 0 bridgehead atoms. The zero-order valence-corrected chi connectivity index (χ0v) is 16.8. The van der Waals surface area contributed by atoms with E-state index in [2.05, 4.69) is 20.5 Å². The maximum atomic E-state index is 12.2. The summed E-state index contributed by atoms with van der Waals surface area (Å²) in [6.07, 6.45) is 0. The molecular weight excluding hydrogens is 424 g/mol. The van der Waals surface area contributed by atoms with Crippen LogP contribution >= 0.6 is 46.0 Å². The molecule has 0 aliphatic rings. The van der Waals surface area contributed by atoms with Gasteiger partial charge in [0.25, 0.3) is 5.91 Å². The minimum Gasteiger partial charge on any atom is -0.356 e. The second kappa shape index (κ2) is 7.81. The fourth-order valence-corrected chi connectivity index (χ4v) is 4.89. The van der Waals surface area contributed by atoms with Gasteiger partial charge in [0.15, 0.2) is 9.77 Å². The van der Waals surface area contributed by atoms with E-state index >= 15 is 0 Å². The first-order chi connectivity index (χ1) is 13.1. The van der Waals surface area contributed by atoms with Gasteiger partial charge >= 0.3 is 0 Å². The van der Waals surface area contributed by atoms with Crippen LogP contribution in [0.15, 0.2) is 50.9 Å². The smallest absolute Gasteiger partial charge is 0.267 e. The third-order valence-electron chi connectivity index (χ3n) is 3.59. The van der Waals surface area contributed by atoms with E-state index in [4.69, 9.17) is 11.6 Å². The number of hydrogen-bond donors (Lipinski definition) is 2. The molecule has 6 nitrogen and oxygen atoms in total. The van der Waals surface area contributed by atoms with E-state index in [1.165, 1.54) is 34.4 Å². The molecule has 0 aliphatic heterocycles. The molecule has 0 spiro atoms. The summed E-state index contributed by atoms with van der Waals surface area (Å²) in [7, 11) is 0. The van der Waals surface area contributed by atoms with E-state index in [1.807, 2.05) is 11.4 Å². The van der Waals surface area contributed by atoms with Crippen molar-refractivity contribution in [3.63, 3.8) is 0 Å². The summed E-state index contributed by atoms with van der Waals surface area (Å²) >= 11 is 10.2. The summed E-state index contributed by atoms with van der Waals surface area (Å²) in [6, 6.07) is 10.4. The normalized spacial score (nSPS) is 11.0. The fourth-order valence-electron chi connectivity index (χ4n) is 2.39. The SMILES string of the molecule is O=C(Nc1nnc(SCc2cc(=O)c3cccc(Cl)c3[nH]2)s1)c1cccs1. The lowest BCUT2D eigenvalue weighted by Gasteiger charge is -2.04. The number of nitrogens with zero attached hydrogens (tertiary/aromatic N) is 2. The largest absolute Gasteiger partial charge is 0.356 e. The zero-order chi connectivity index (χ0) is 18.8. The second-order valence-corrected chi connectivity index (χ2v) is 8.97. The van der Waals surface area contributed by atoms with Crippen LogP contribution in [-0.2, 0) is 5.75 Å². The number of thioether (sulfide) groups is 1. The minimum atomic E-state index is -0.203. The Hall–Kier alpha value is -2.20.